The Kier molecular flexibility index (Phi) is 8.01. The van der Waals surface area contributed by atoms with Crippen molar-refractivity contribution in [1.29, 1.82) is 0 Å². The number of amides is 1. The van der Waals surface area contributed by atoms with Crippen LogP contribution in [0.25, 0.3) is 0 Å². The molecule has 1 saturated heterocycles. The first-order valence-corrected chi connectivity index (χ1v) is 12.8. The maximum absolute atomic E-state index is 13.4. The number of hydrogen-bond acceptors (Lipinski definition) is 4. The quantitative estimate of drug-likeness (QED) is 0.382. The van der Waals surface area contributed by atoms with Crippen LogP contribution in [0.2, 0.25) is 0 Å². The fourth-order valence-corrected chi connectivity index (χ4v) is 5.56. The zero-order valence-corrected chi connectivity index (χ0v) is 20.9. The van der Waals surface area contributed by atoms with Gasteiger partial charge in [0.15, 0.2) is 0 Å². The lowest BCUT2D eigenvalue weighted by Crippen LogP contribution is -2.39. The summed E-state index contributed by atoms with van der Waals surface area (Å²) in [6.45, 7) is 8.36. The van der Waals surface area contributed by atoms with Crippen LogP contribution in [0.5, 0.6) is 5.75 Å². The Bertz CT molecular complexity index is 1070. The summed E-state index contributed by atoms with van der Waals surface area (Å²) in [6.07, 6.45) is 0. The summed E-state index contributed by atoms with van der Waals surface area (Å²) < 4.78 is 18.9. The Morgan fingerprint density at radius 1 is 1.18 bits per heavy atom. The fraction of sp³-hybridized carbons (Fsp3) is 0.393. The van der Waals surface area contributed by atoms with Crippen molar-refractivity contribution in [1.82, 2.24) is 9.80 Å². The summed E-state index contributed by atoms with van der Waals surface area (Å²) in [5.74, 6) is 1.41. The molecule has 1 fully saturated rings. The molecular weight excluding hydrogens is 447 g/mol. The first-order chi connectivity index (χ1) is 16.4. The van der Waals surface area contributed by atoms with Gasteiger partial charge in [-0.1, -0.05) is 26.0 Å². The van der Waals surface area contributed by atoms with E-state index in [4.69, 9.17) is 4.74 Å². The van der Waals surface area contributed by atoms with E-state index < -0.39 is 0 Å². The van der Waals surface area contributed by atoms with Crippen molar-refractivity contribution in [2.24, 2.45) is 11.8 Å². The lowest BCUT2D eigenvalue weighted by atomic mass is 9.88. The van der Waals surface area contributed by atoms with Crippen LogP contribution in [0.1, 0.15) is 41.3 Å². The molecule has 4 nitrogen and oxygen atoms in total. The predicted octanol–water partition coefficient (Wildman–Crippen LogP) is 5.91. The van der Waals surface area contributed by atoms with E-state index in [0.29, 0.717) is 30.5 Å². The second kappa shape index (κ2) is 11.2. The number of methoxy groups -OCH3 is 1. The Balaban J connectivity index is 1.59. The number of carbonyl (C=O) groups is 1. The van der Waals surface area contributed by atoms with E-state index in [1.807, 2.05) is 17.0 Å². The standard InChI is InChI=1S/C28H33FN2O2S/c1-20(2)14-31(28(32)22-7-9-25(29)10-8-22)17-24-16-30(15-21-11-12-34-19-21)18-27(24)23-5-4-6-26(13-23)33-3/h4-13,19-20,24,27H,14-18H2,1-3H3. The molecule has 1 aromatic heterocycles. The molecule has 2 aromatic carbocycles. The van der Waals surface area contributed by atoms with Gasteiger partial charge in [0.2, 0.25) is 0 Å². The third-order valence-electron chi connectivity index (χ3n) is 6.44. The molecule has 0 spiro atoms. The zero-order chi connectivity index (χ0) is 24.1. The largest absolute Gasteiger partial charge is 0.497 e. The van der Waals surface area contributed by atoms with Gasteiger partial charge in [-0.3, -0.25) is 9.69 Å². The van der Waals surface area contributed by atoms with Crippen LogP contribution < -0.4 is 4.74 Å². The van der Waals surface area contributed by atoms with E-state index in [9.17, 15) is 9.18 Å². The van der Waals surface area contributed by atoms with Crippen molar-refractivity contribution in [3.8, 4) is 5.75 Å². The van der Waals surface area contributed by atoms with Gasteiger partial charge in [-0.2, -0.15) is 11.3 Å². The van der Waals surface area contributed by atoms with Crippen molar-refractivity contribution >= 4 is 17.2 Å². The summed E-state index contributed by atoms with van der Waals surface area (Å²) in [4.78, 5) is 17.9. The summed E-state index contributed by atoms with van der Waals surface area (Å²) in [7, 11) is 1.69. The molecule has 4 rings (SSSR count). The number of hydrogen-bond donors (Lipinski definition) is 0. The minimum atomic E-state index is -0.329. The number of benzene rings is 2. The fourth-order valence-electron chi connectivity index (χ4n) is 4.90. The van der Waals surface area contributed by atoms with Gasteiger partial charge in [-0.25, -0.2) is 4.39 Å². The second-order valence-electron chi connectivity index (χ2n) is 9.58. The number of likely N-dealkylation sites (tertiary alicyclic amines) is 1. The average molecular weight is 481 g/mol. The van der Waals surface area contributed by atoms with Crippen LogP contribution >= 0.6 is 11.3 Å². The molecule has 1 aliphatic rings. The van der Waals surface area contributed by atoms with Gasteiger partial charge in [-0.15, -0.1) is 0 Å². The first kappa shape index (κ1) is 24.4. The molecule has 0 bridgehead atoms. The number of rotatable bonds is 9. The Morgan fingerprint density at radius 2 is 1.97 bits per heavy atom. The normalized spacial score (nSPS) is 18.4. The topological polar surface area (TPSA) is 32.8 Å². The highest BCUT2D eigenvalue weighted by Crippen LogP contribution is 2.36. The molecule has 2 unspecified atom stereocenters. The highest BCUT2D eigenvalue weighted by atomic mass is 32.1. The molecule has 2 heterocycles. The van der Waals surface area contributed by atoms with Crippen molar-refractivity contribution in [3.05, 3.63) is 87.9 Å². The molecule has 180 valence electrons. The number of nitrogens with zero attached hydrogens (tertiary/aromatic N) is 2. The molecule has 2 atom stereocenters. The third-order valence-corrected chi connectivity index (χ3v) is 7.18. The van der Waals surface area contributed by atoms with Crippen molar-refractivity contribution < 1.29 is 13.9 Å². The van der Waals surface area contributed by atoms with Gasteiger partial charge in [0.1, 0.15) is 11.6 Å². The van der Waals surface area contributed by atoms with E-state index >= 15 is 0 Å². The maximum Gasteiger partial charge on any atom is 0.253 e. The molecular formula is C28H33FN2O2S. The van der Waals surface area contributed by atoms with E-state index in [0.717, 1.165) is 25.4 Å². The summed E-state index contributed by atoms with van der Waals surface area (Å²) in [5.41, 5.74) is 3.11. The van der Waals surface area contributed by atoms with Crippen LogP contribution in [-0.4, -0.2) is 49.0 Å². The molecule has 3 aromatic rings. The van der Waals surface area contributed by atoms with Crippen LogP contribution in [0.3, 0.4) is 0 Å². The maximum atomic E-state index is 13.4. The molecule has 0 aliphatic carbocycles. The van der Waals surface area contributed by atoms with Gasteiger partial charge in [0.25, 0.3) is 5.91 Å². The van der Waals surface area contributed by atoms with E-state index in [-0.39, 0.29) is 17.6 Å². The number of halogens is 1. The predicted molar refractivity (Wildman–Crippen MR) is 136 cm³/mol. The summed E-state index contributed by atoms with van der Waals surface area (Å²) in [6, 6.07) is 16.4. The number of thiophene rings is 1. The molecule has 0 saturated carbocycles. The minimum absolute atomic E-state index is 0.0330. The Hall–Kier alpha value is -2.70. The minimum Gasteiger partial charge on any atom is -0.497 e. The summed E-state index contributed by atoms with van der Waals surface area (Å²) >= 11 is 1.72. The van der Waals surface area contributed by atoms with Crippen LogP contribution in [0.15, 0.2) is 65.4 Å². The lowest BCUT2D eigenvalue weighted by Gasteiger charge is -2.30. The lowest BCUT2D eigenvalue weighted by molar-refractivity contribution is 0.0703. The molecule has 34 heavy (non-hydrogen) atoms. The van der Waals surface area contributed by atoms with Crippen molar-refractivity contribution in [2.75, 3.05) is 33.3 Å². The average Bonchev–Trinajstić information content (AvgIpc) is 3.48. The SMILES string of the molecule is COc1cccc(C2CN(Cc3ccsc3)CC2CN(CC(C)C)C(=O)c2ccc(F)cc2)c1. The van der Waals surface area contributed by atoms with Gasteiger partial charge in [-0.05, 0) is 76.2 Å². The van der Waals surface area contributed by atoms with Gasteiger partial charge >= 0.3 is 0 Å². The first-order valence-electron chi connectivity index (χ1n) is 11.8. The molecule has 0 N–H and O–H groups in total. The zero-order valence-electron chi connectivity index (χ0n) is 20.1. The van der Waals surface area contributed by atoms with Crippen molar-refractivity contribution in [2.45, 2.75) is 26.3 Å². The second-order valence-corrected chi connectivity index (χ2v) is 10.4. The van der Waals surface area contributed by atoms with Gasteiger partial charge < -0.3 is 9.64 Å². The monoisotopic (exact) mass is 480 g/mol. The molecule has 1 aliphatic heterocycles. The van der Waals surface area contributed by atoms with Crippen LogP contribution in [0, 0.1) is 17.7 Å². The van der Waals surface area contributed by atoms with Gasteiger partial charge in [0.05, 0.1) is 7.11 Å². The van der Waals surface area contributed by atoms with E-state index in [1.165, 1.54) is 23.3 Å². The van der Waals surface area contributed by atoms with Crippen molar-refractivity contribution in [3.63, 3.8) is 0 Å². The third kappa shape index (κ3) is 6.05. The number of ether oxygens (including phenoxy) is 1. The highest BCUT2D eigenvalue weighted by molar-refractivity contribution is 7.07. The van der Waals surface area contributed by atoms with E-state index in [1.54, 1.807) is 30.6 Å². The Morgan fingerprint density at radius 3 is 2.65 bits per heavy atom. The van der Waals surface area contributed by atoms with Gasteiger partial charge in [0, 0.05) is 44.2 Å². The molecule has 1 amide bonds. The smallest absolute Gasteiger partial charge is 0.253 e. The molecule has 0 radical (unpaired) electrons. The Labute approximate surface area is 206 Å². The highest BCUT2D eigenvalue weighted by Gasteiger charge is 2.36. The van der Waals surface area contributed by atoms with E-state index in [2.05, 4.69) is 47.7 Å². The molecule has 6 heteroatoms. The summed E-state index contributed by atoms with van der Waals surface area (Å²) in [5, 5.41) is 4.32. The van der Waals surface area contributed by atoms with Crippen LogP contribution in [0.4, 0.5) is 4.39 Å². The number of carbonyl (C=O) groups excluding carboxylic acids is 1. The van der Waals surface area contributed by atoms with Crippen LogP contribution in [-0.2, 0) is 6.54 Å².